The summed E-state index contributed by atoms with van der Waals surface area (Å²) in [7, 11) is 1.56. The van der Waals surface area contributed by atoms with Crippen LogP contribution in [-0.2, 0) is 11.3 Å². The molecule has 0 saturated carbocycles. The van der Waals surface area contributed by atoms with E-state index in [1.165, 1.54) is 0 Å². The molecule has 1 atom stereocenters. The fourth-order valence-corrected chi connectivity index (χ4v) is 1.37. The Bertz CT molecular complexity index is 380. The second kappa shape index (κ2) is 5.72. The smallest absolute Gasteiger partial charge is 0.236 e. The number of halogens is 1. The summed E-state index contributed by atoms with van der Waals surface area (Å²) in [4.78, 5) is 11.3. The Kier molecular flexibility index (Phi) is 4.58. The molecule has 4 nitrogen and oxygen atoms in total. The maximum Gasteiger partial charge on any atom is 0.236 e. The van der Waals surface area contributed by atoms with Crippen LogP contribution >= 0.6 is 11.6 Å². The van der Waals surface area contributed by atoms with Crippen molar-refractivity contribution in [2.24, 2.45) is 5.73 Å². The average Bonchev–Trinajstić information content (AvgIpc) is 2.26. The summed E-state index contributed by atoms with van der Waals surface area (Å²) in [6.07, 6.45) is 0. The number of ether oxygens (including phenoxy) is 1. The molecule has 88 valence electrons. The van der Waals surface area contributed by atoms with Gasteiger partial charge in [-0.3, -0.25) is 4.79 Å². The minimum absolute atomic E-state index is 0.197. The van der Waals surface area contributed by atoms with E-state index >= 15 is 0 Å². The monoisotopic (exact) mass is 242 g/mol. The molecule has 0 fully saturated rings. The number of methoxy groups -OCH3 is 1. The van der Waals surface area contributed by atoms with Crippen molar-refractivity contribution in [3.63, 3.8) is 0 Å². The number of hydrogen-bond donors (Lipinski definition) is 2. The van der Waals surface area contributed by atoms with E-state index in [9.17, 15) is 4.79 Å². The van der Waals surface area contributed by atoms with E-state index in [1.54, 1.807) is 26.2 Å². The Morgan fingerprint density at radius 1 is 1.62 bits per heavy atom. The lowest BCUT2D eigenvalue weighted by atomic mass is 10.2. The highest BCUT2D eigenvalue weighted by Crippen LogP contribution is 2.22. The van der Waals surface area contributed by atoms with Gasteiger partial charge in [0.2, 0.25) is 5.91 Å². The molecule has 5 heteroatoms. The van der Waals surface area contributed by atoms with Gasteiger partial charge in [0.1, 0.15) is 5.75 Å². The lowest BCUT2D eigenvalue weighted by Crippen LogP contribution is -2.37. The highest BCUT2D eigenvalue weighted by atomic mass is 35.5. The SMILES string of the molecule is COc1cc(Cl)ccc1CNC(=O)[C@H](C)N. The number of benzene rings is 1. The molecule has 0 radical (unpaired) electrons. The zero-order valence-electron chi connectivity index (χ0n) is 9.29. The van der Waals surface area contributed by atoms with Crippen LogP contribution in [0.1, 0.15) is 12.5 Å². The summed E-state index contributed by atoms with van der Waals surface area (Å²) in [6, 6.07) is 4.74. The third kappa shape index (κ3) is 3.40. The molecule has 16 heavy (non-hydrogen) atoms. The van der Waals surface area contributed by atoms with Gasteiger partial charge in [-0.1, -0.05) is 17.7 Å². The molecule has 0 bridgehead atoms. The standard InChI is InChI=1S/C11H15ClN2O2/c1-7(13)11(15)14-6-8-3-4-9(12)5-10(8)16-2/h3-5,7H,6,13H2,1-2H3,(H,14,15)/t7-/m0/s1. The first-order valence-electron chi connectivity index (χ1n) is 4.90. The first-order chi connectivity index (χ1) is 7.54. The van der Waals surface area contributed by atoms with Crippen molar-refractivity contribution in [1.29, 1.82) is 0 Å². The van der Waals surface area contributed by atoms with Gasteiger partial charge in [0.05, 0.1) is 13.2 Å². The van der Waals surface area contributed by atoms with Crippen LogP contribution in [0.4, 0.5) is 0 Å². The lowest BCUT2D eigenvalue weighted by molar-refractivity contribution is -0.122. The van der Waals surface area contributed by atoms with Crippen molar-refractivity contribution >= 4 is 17.5 Å². The van der Waals surface area contributed by atoms with E-state index in [1.807, 2.05) is 6.07 Å². The van der Waals surface area contributed by atoms with Gasteiger partial charge in [0, 0.05) is 17.1 Å². The fraction of sp³-hybridized carbons (Fsp3) is 0.364. The largest absolute Gasteiger partial charge is 0.496 e. The average molecular weight is 243 g/mol. The molecule has 0 aromatic heterocycles. The van der Waals surface area contributed by atoms with Crippen LogP contribution in [-0.4, -0.2) is 19.1 Å². The van der Waals surface area contributed by atoms with Crippen molar-refractivity contribution in [3.8, 4) is 5.75 Å². The Hall–Kier alpha value is -1.26. The van der Waals surface area contributed by atoms with E-state index in [0.29, 0.717) is 17.3 Å². The zero-order chi connectivity index (χ0) is 12.1. The predicted molar refractivity (Wildman–Crippen MR) is 63.5 cm³/mol. The summed E-state index contributed by atoms with van der Waals surface area (Å²) in [5.74, 6) is 0.453. The van der Waals surface area contributed by atoms with Gasteiger partial charge in [0.15, 0.2) is 0 Å². The normalized spacial score (nSPS) is 12.0. The molecule has 1 amide bonds. The number of rotatable bonds is 4. The van der Waals surface area contributed by atoms with E-state index in [4.69, 9.17) is 22.1 Å². The molecule has 0 aliphatic rings. The summed E-state index contributed by atoms with van der Waals surface area (Å²) in [6.45, 7) is 2.01. The molecular formula is C11H15ClN2O2. The van der Waals surface area contributed by atoms with Gasteiger partial charge in [-0.15, -0.1) is 0 Å². The number of amides is 1. The molecule has 0 aliphatic heterocycles. The quantitative estimate of drug-likeness (QED) is 0.837. The van der Waals surface area contributed by atoms with Crippen molar-refractivity contribution in [3.05, 3.63) is 28.8 Å². The molecule has 0 aliphatic carbocycles. The summed E-state index contributed by atoms with van der Waals surface area (Å²) in [5, 5.41) is 3.30. The number of hydrogen-bond acceptors (Lipinski definition) is 3. The van der Waals surface area contributed by atoms with Crippen LogP contribution in [0.3, 0.4) is 0 Å². The summed E-state index contributed by atoms with van der Waals surface area (Å²) in [5.41, 5.74) is 6.29. The second-order valence-corrected chi connectivity index (χ2v) is 3.90. The van der Waals surface area contributed by atoms with Gasteiger partial charge in [0.25, 0.3) is 0 Å². The number of nitrogens with one attached hydrogen (secondary N) is 1. The van der Waals surface area contributed by atoms with Crippen LogP contribution in [0.2, 0.25) is 5.02 Å². The Morgan fingerprint density at radius 2 is 2.31 bits per heavy atom. The van der Waals surface area contributed by atoms with Gasteiger partial charge in [-0.2, -0.15) is 0 Å². The molecule has 1 aromatic carbocycles. The maximum atomic E-state index is 11.3. The molecule has 0 saturated heterocycles. The van der Waals surface area contributed by atoms with E-state index in [0.717, 1.165) is 5.56 Å². The predicted octanol–water partition coefficient (Wildman–Crippen LogP) is 1.31. The van der Waals surface area contributed by atoms with E-state index in [2.05, 4.69) is 5.32 Å². The molecule has 1 aromatic rings. The van der Waals surface area contributed by atoms with E-state index in [-0.39, 0.29) is 5.91 Å². The van der Waals surface area contributed by atoms with E-state index < -0.39 is 6.04 Å². The second-order valence-electron chi connectivity index (χ2n) is 3.46. The molecule has 0 heterocycles. The maximum absolute atomic E-state index is 11.3. The van der Waals surface area contributed by atoms with Gasteiger partial charge >= 0.3 is 0 Å². The third-order valence-corrected chi connectivity index (χ3v) is 2.35. The lowest BCUT2D eigenvalue weighted by Gasteiger charge is -2.11. The minimum atomic E-state index is -0.515. The van der Waals surface area contributed by atoms with Gasteiger partial charge in [-0.05, 0) is 19.1 Å². The van der Waals surface area contributed by atoms with Crippen LogP contribution < -0.4 is 15.8 Å². The highest BCUT2D eigenvalue weighted by Gasteiger charge is 2.09. The Balaban J connectivity index is 2.70. The topological polar surface area (TPSA) is 64.3 Å². The van der Waals surface area contributed by atoms with Gasteiger partial charge in [-0.25, -0.2) is 0 Å². The highest BCUT2D eigenvalue weighted by molar-refractivity contribution is 6.30. The first kappa shape index (κ1) is 12.8. The van der Waals surface area contributed by atoms with Crippen molar-refractivity contribution in [2.75, 3.05) is 7.11 Å². The van der Waals surface area contributed by atoms with Crippen molar-refractivity contribution < 1.29 is 9.53 Å². The van der Waals surface area contributed by atoms with Crippen molar-refractivity contribution in [1.82, 2.24) is 5.32 Å². The summed E-state index contributed by atoms with van der Waals surface area (Å²) >= 11 is 5.82. The fourth-order valence-electron chi connectivity index (χ4n) is 1.21. The Morgan fingerprint density at radius 3 is 2.88 bits per heavy atom. The van der Waals surface area contributed by atoms with Crippen molar-refractivity contribution in [2.45, 2.75) is 19.5 Å². The van der Waals surface area contributed by atoms with Crippen LogP contribution in [0, 0.1) is 0 Å². The molecular weight excluding hydrogens is 228 g/mol. The number of carbonyl (C=O) groups is 1. The zero-order valence-corrected chi connectivity index (χ0v) is 10.0. The van der Waals surface area contributed by atoms with Crippen LogP contribution in [0.25, 0.3) is 0 Å². The summed E-state index contributed by atoms with van der Waals surface area (Å²) < 4.78 is 5.15. The third-order valence-electron chi connectivity index (χ3n) is 2.12. The number of carbonyl (C=O) groups excluding carboxylic acids is 1. The van der Waals surface area contributed by atoms with Crippen LogP contribution in [0.15, 0.2) is 18.2 Å². The minimum Gasteiger partial charge on any atom is -0.496 e. The Labute approximate surface area is 99.7 Å². The number of nitrogens with two attached hydrogens (primary N) is 1. The van der Waals surface area contributed by atoms with Crippen LogP contribution in [0.5, 0.6) is 5.75 Å². The molecule has 0 unspecified atom stereocenters. The molecule has 1 rings (SSSR count). The first-order valence-corrected chi connectivity index (χ1v) is 5.28. The van der Waals surface area contributed by atoms with Gasteiger partial charge < -0.3 is 15.8 Å². The molecule has 3 N–H and O–H groups in total. The molecule has 0 spiro atoms.